The summed E-state index contributed by atoms with van der Waals surface area (Å²) in [6, 6.07) is 15.8. The summed E-state index contributed by atoms with van der Waals surface area (Å²) >= 11 is 0. The number of carbonyl (C=O) groups excluding carboxylic acids is 1. The number of para-hydroxylation sites is 2. The largest absolute Gasteiger partial charge is 0.411 e. The van der Waals surface area contributed by atoms with Gasteiger partial charge in [-0.15, -0.1) is 0 Å². The molecule has 1 fully saturated rings. The Balaban J connectivity index is 1.75. The van der Waals surface area contributed by atoms with E-state index in [2.05, 4.69) is 19.6 Å². The molecule has 3 aromatic carbocycles. The number of hydrogen-bond acceptors (Lipinski definition) is 6. The summed E-state index contributed by atoms with van der Waals surface area (Å²) < 4.78 is 17.0. The van der Waals surface area contributed by atoms with Crippen LogP contribution in [0.5, 0.6) is 0 Å². The highest BCUT2D eigenvalue weighted by molar-refractivity contribution is 6.31. The molecule has 5 aromatic rings. The first-order valence-corrected chi connectivity index (χ1v) is 11.9. The zero-order valence-electron chi connectivity index (χ0n) is 19.5. The summed E-state index contributed by atoms with van der Waals surface area (Å²) in [5.74, 6) is -0.300. The summed E-state index contributed by atoms with van der Waals surface area (Å²) in [5.41, 5.74) is 3.94. The fourth-order valence-corrected chi connectivity index (χ4v) is 7.02. The van der Waals surface area contributed by atoms with Crippen molar-refractivity contribution in [2.45, 2.75) is 37.6 Å². The van der Waals surface area contributed by atoms with Crippen LogP contribution in [0.2, 0.25) is 0 Å². The van der Waals surface area contributed by atoms with Crippen LogP contribution in [0.15, 0.2) is 53.7 Å². The average molecular weight is 482 g/mol. The number of oxime groups is 1. The van der Waals surface area contributed by atoms with Crippen LogP contribution in [0.1, 0.15) is 41.7 Å². The third kappa shape index (κ3) is 2.06. The third-order valence-corrected chi connectivity index (χ3v) is 8.21. The van der Waals surface area contributed by atoms with E-state index in [9.17, 15) is 15.1 Å². The van der Waals surface area contributed by atoms with Crippen LogP contribution < -0.4 is 5.32 Å². The highest BCUT2D eigenvalue weighted by atomic mass is 16.6. The second-order valence-electron chi connectivity index (χ2n) is 9.89. The number of fused-ring (bicyclic) bond motifs is 13. The predicted octanol–water partition coefficient (Wildman–Crippen LogP) is 4.09. The fourth-order valence-electron chi connectivity index (χ4n) is 7.02. The van der Waals surface area contributed by atoms with Crippen molar-refractivity contribution in [2.75, 3.05) is 7.11 Å². The van der Waals surface area contributed by atoms with Crippen molar-refractivity contribution in [3.63, 3.8) is 0 Å². The average Bonchev–Trinajstić information content (AvgIpc) is 3.48. The maximum absolute atomic E-state index is 13.3. The predicted molar refractivity (Wildman–Crippen MR) is 133 cm³/mol. The topological polar surface area (TPSA) is 110 Å². The van der Waals surface area contributed by atoms with Crippen LogP contribution in [-0.2, 0) is 15.2 Å². The monoisotopic (exact) mass is 482 g/mol. The van der Waals surface area contributed by atoms with Crippen LogP contribution in [0.3, 0.4) is 0 Å². The van der Waals surface area contributed by atoms with E-state index >= 15 is 0 Å². The summed E-state index contributed by atoms with van der Waals surface area (Å²) in [7, 11) is 1.58. The Morgan fingerprint density at radius 1 is 1.08 bits per heavy atom. The van der Waals surface area contributed by atoms with Gasteiger partial charge in [0.25, 0.3) is 5.91 Å². The lowest BCUT2D eigenvalue weighted by Crippen LogP contribution is -2.54. The van der Waals surface area contributed by atoms with Crippen LogP contribution in [-0.4, -0.2) is 44.3 Å². The lowest BCUT2D eigenvalue weighted by atomic mass is 9.95. The van der Waals surface area contributed by atoms with Crippen molar-refractivity contribution in [1.29, 1.82) is 0 Å². The molecule has 1 amide bonds. The van der Waals surface area contributed by atoms with Crippen molar-refractivity contribution < 1.29 is 24.6 Å². The van der Waals surface area contributed by atoms with Gasteiger partial charge in [0.2, 0.25) is 0 Å². The maximum atomic E-state index is 13.3. The number of methoxy groups -OCH3 is 1. The molecule has 2 aromatic heterocycles. The Labute approximate surface area is 204 Å². The van der Waals surface area contributed by atoms with Crippen molar-refractivity contribution in [3.8, 4) is 0 Å². The summed E-state index contributed by atoms with van der Waals surface area (Å²) in [5, 5.41) is 30.9. The third-order valence-electron chi connectivity index (χ3n) is 8.21. The van der Waals surface area contributed by atoms with Gasteiger partial charge < -0.3 is 34.2 Å². The molecule has 2 bridgehead atoms. The standard InChI is InChI=1S/C27H22N4O5/c1-27-24(35-2)14(29-34)11-17(36-27)30-15-9-5-3-7-12(15)18-20-21(26(33)28-25(20)32)19-13-8-4-6-10-16(13)31(27)23(19)22(18)30/h3-10,17,24,26,33-34H,11H2,1-2H3,(H,28,32)/b29-14-/t17-,24-,26?,27+/m1/s1. The molecule has 36 heavy (non-hydrogen) atoms. The van der Waals surface area contributed by atoms with Crippen LogP contribution in [0.25, 0.3) is 43.6 Å². The quantitative estimate of drug-likeness (QED) is 0.246. The Morgan fingerprint density at radius 2 is 1.78 bits per heavy atom. The number of aromatic nitrogens is 2. The van der Waals surface area contributed by atoms with Crippen molar-refractivity contribution in [3.05, 3.63) is 59.7 Å². The Hall–Kier alpha value is -3.92. The first-order chi connectivity index (χ1) is 17.5. The highest BCUT2D eigenvalue weighted by Crippen LogP contribution is 2.54. The summed E-state index contributed by atoms with van der Waals surface area (Å²) in [4.78, 5) is 13.3. The number of carbonyl (C=O) groups is 1. The molecule has 3 aliphatic rings. The molecule has 3 N–H and O–H groups in total. The van der Waals surface area contributed by atoms with Gasteiger partial charge in [0.15, 0.2) is 12.0 Å². The second-order valence-corrected chi connectivity index (χ2v) is 9.89. The number of nitrogens with one attached hydrogen (secondary N) is 1. The molecular weight excluding hydrogens is 460 g/mol. The lowest BCUT2D eigenvalue weighted by Gasteiger charge is -2.44. The molecule has 0 radical (unpaired) electrons. The van der Waals surface area contributed by atoms with Gasteiger partial charge in [-0.1, -0.05) is 41.6 Å². The number of ether oxygens (including phenoxy) is 2. The van der Waals surface area contributed by atoms with Crippen LogP contribution >= 0.6 is 0 Å². The summed E-state index contributed by atoms with van der Waals surface area (Å²) in [6.07, 6.45) is -2.00. The maximum Gasteiger partial charge on any atom is 0.254 e. The Kier molecular flexibility index (Phi) is 3.63. The second kappa shape index (κ2) is 6.44. The van der Waals surface area contributed by atoms with Gasteiger partial charge in [-0.25, -0.2) is 0 Å². The van der Waals surface area contributed by atoms with Crippen molar-refractivity contribution in [2.24, 2.45) is 5.16 Å². The van der Waals surface area contributed by atoms with Crippen molar-refractivity contribution >= 4 is 55.2 Å². The van der Waals surface area contributed by atoms with Gasteiger partial charge in [-0.05, 0) is 19.1 Å². The smallest absolute Gasteiger partial charge is 0.254 e. The number of rotatable bonds is 1. The fraction of sp³-hybridized carbons (Fsp3) is 0.259. The van der Waals surface area contributed by atoms with Gasteiger partial charge in [-0.3, -0.25) is 4.79 Å². The lowest BCUT2D eigenvalue weighted by molar-refractivity contribution is -0.211. The minimum atomic E-state index is -1.14. The van der Waals surface area contributed by atoms with E-state index in [1.165, 1.54) is 0 Å². The van der Waals surface area contributed by atoms with Gasteiger partial charge in [-0.2, -0.15) is 0 Å². The molecule has 0 aliphatic carbocycles. The molecule has 8 rings (SSSR count). The number of nitrogens with zero attached hydrogens (tertiary/aromatic N) is 3. The van der Waals surface area contributed by atoms with Gasteiger partial charge in [0, 0.05) is 40.6 Å². The van der Waals surface area contributed by atoms with E-state index in [0.29, 0.717) is 23.3 Å². The number of benzene rings is 3. The number of amides is 1. The van der Waals surface area contributed by atoms with E-state index in [-0.39, 0.29) is 5.91 Å². The molecule has 0 saturated carbocycles. The van der Waals surface area contributed by atoms with Crippen molar-refractivity contribution in [1.82, 2.24) is 14.5 Å². The van der Waals surface area contributed by atoms with E-state index in [4.69, 9.17) is 9.47 Å². The van der Waals surface area contributed by atoms with E-state index in [1.807, 2.05) is 55.5 Å². The molecule has 180 valence electrons. The molecule has 3 aliphatic heterocycles. The molecule has 1 unspecified atom stereocenters. The SMILES string of the molecule is CO[C@@H]1/C(=N\O)C[C@H]2O[C@]1(C)n1c3ccccc3c3c4c(c5c6ccccc6n2c5c31)C(=O)NC4O. The molecule has 4 atom stereocenters. The molecule has 5 heterocycles. The minimum Gasteiger partial charge on any atom is -0.411 e. The molecule has 9 nitrogen and oxygen atoms in total. The van der Waals surface area contributed by atoms with Crippen LogP contribution in [0, 0.1) is 0 Å². The molecule has 0 spiro atoms. The van der Waals surface area contributed by atoms with E-state index in [0.717, 1.165) is 43.6 Å². The normalized spacial score (nSPS) is 28.0. The number of hydrogen-bond donors (Lipinski definition) is 3. The van der Waals surface area contributed by atoms with Crippen LogP contribution in [0.4, 0.5) is 0 Å². The Bertz CT molecular complexity index is 1850. The number of aliphatic hydroxyl groups excluding tert-OH is 1. The molecular formula is C27H22N4O5. The summed E-state index contributed by atoms with van der Waals surface area (Å²) in [6.45, 7) is 1.94. The zero-order chi connectivity index (χ0) is 24.5. The molecule has 1 saturated heterocycles. The first kappa shape index (κ1) is 20.3. The minimum absolute atomic E-state index is 0.300. The molecule has 9 heteroatoms. The van der Waals surface area contributed by atoms with E-state index < -0.39 is 24.3 Å². The van der Waals surface area contributed by atoms with E-state index in [1.54, 1.807) is 7.11 Å². The highest BCUT2D eigenvalue weighted by Gasteiger charge is 2.52. The van der Waals surface area contributed by atoms with Gasteiger partial charge in [0.1, 0.15) is 12.3 Å². The van der Waals surface area contributed by atoms with Gasteiger partial charge >= 0.3 is 0 Å². The Morgan fingerprint density at radius 3 is 2.50 bits per heavy atom. The zero-order valence-corrected chi connectivity index (χ0v) is 19.5. The first-order valence-electron chi connectivity index (χ1n) is 11.9. The van der Waals surface area contributed by atoms with Gasteiger partial charge in [0.05, 0.1) is 33.3 Å². The number of aliphatic hydroxyl groups is 1.